The summed E-state index contributed by atoms with van der Waals surface area (Å²) < 4.78 is 40.8. The monoisotopic (exact) mass is 423 g/mol. The number of benzene rings is 2. The van der Waals surface area contributed by atoms with Crippen LogP contribution in [0.4, 0.5) is 13.2 Å². The number of aliphatic carboxylic acids is 1. The van der Waals surface area contributed by atoms with Crippen molar-refractivity contribution in [3.05, 3.63) is 59.9 Å². The highest BCUT2D eigenvalue weighted by atomic mass is 32.1. The number of nitrogens with zero attached hydrogens (tertiary/aromatic N) is 3. The zero-order valence-corrected chi connectivity index (χ0v) is 15.7. The number of thiol groups is 1. The van der Waals surface area contributed by atoms with Crippen molar-refractivity contribution in [3.63, 3.8) is 0 Å². The third-order valence-electron chi connectivity index (χ3n) is 3.78. The molecule has 0 atom stereocenters. The average molecular weight is 423 g/mol. The van der Waals surface area contributed by atoms with Crippen molar-refractivity contribution >= 4 is 35.7 Å². The summed E-state index contributed by atoms with van der Waals surface area (Å²) in [4.78, 5) is 11.7. The molecule has 0 saturated carbocycles. The van der Waals surface area contributed by atoms with Crippen LogP contribution in [0.25, 0.3) is 17.1 Å². The maximum absolute atomic E-state index is 13.2. The molecule has 0 amide bonds. The van der Waals surface area contributed by atoms with Crippen LogP contribution >= 0.6 is 24.8 Å². The van der Waals surface area contributed by atoms with Crippen LogP contribution in [0.15, 0.2) is 53.4 Å². The Hall–Kier alpha value is -2.72. The fourth-order valence-corrected chi connectivity index (χ4v) is 2.95. The minimum absolute atomic E-state index is 0.00155. The van der Waals surface area contributed by atoms with Crippen molar-refractivity contribution in [1.82, 2.24) is 14.8 Å². The molecular formula is C18H12F3N3O2S2. The molecule has 0 aliphatic heterocycles. The number of thiocarbonyl (C=S) groups is 1. The lowest BCUT2D eigenvalue weighted by Gasteiger charge is -2.13. The van der Waals surface area contributed by atoms with Gasteiger partial charge in [-0.2, -0.15) is 13.2 Å². The quantitative estimate of drug-likeness (QED) is 0.361. The number of carboxylic acids is 1. The first-order valence-electron chi connectivity index (χ1n) is 7.84. The summed E-state index contributed by atoms with van der Waals surface area (Å²) in [6.07, 6.45) is -5.04. The van der Waals surface area contributed by atoms with Gasteiger partial charge in [-0.1, -0.05) is 30.4 Å². The average Bonchev–Trinajstić information content (AvgIpc) is 3.06. The van der Waals surface area contributed by atoms with Gasteiger partial charge in [0.2, 0.25) is 0 Å². The summed E-state index contributed by atoms with van der Waals surface area (Å²) in [7, 11) is 0. The second kappa shape index (κ2) is 7.72. The van der Waals surface area contributed by atoms with Crippen LogP contribution in [0, 0.1) is 0 Å². The Morgan fingerprint density at radius 3 is 2.43 bits per heavy atom. The van der Waals surface area contributed by atoms with Gasteiger partial charge in [0, 0.05) is 16.1 Å². The molecule has 28 heavy (non-hydrogen) atoms. The van der Waals surface area contributed by atoms with Gasteiger partial charge in [-0.05, 0) is 30.3 Å². The zero-order valence-electron chi connectivity index (χ0n) is 14.0. The van der Waals surface area contributed by atoms with Gasteiger partial charge in [-0.15, -0.1) is 22.8 Å². The van der Waals surface area contributed by atoms with Crippen LogP contribution in [-0.2, 0) is 11.0 Å². The Bertz CT molecular complexity index is 1050. The highest BCUT2D eigenvalue weighted by molar-refractivity contribution is 7.81. The van der Waals surface area contributed by atoms with Crippen molar-refractivity contribution in [1.29, 1.82) is 0 Å². The van der Waals surface area contributed by atoms with E-state index in [0.717, 1.165) is 12.1 Å². The molecule has 0 fully saturated rings. The second-order valence-corrected chi connectivity index (χ2v) is 6.78. The highest BCUT2D eigenvalue weighted by Crippen LogP contribution is 2.32. The van der Waals surface area contributed by atoms with Gasteiger partial charge < -0.3 is 5.11 Å². The maximum Gasteiger partial charge on any atom is 0.416 e. The van der Waals surface area contributed by atoms with E-state index in [1.807, 2.05) is 0 Å². The lowest BCUT2D eigenvalue weighted by Crippen LogP contribution is -2.14. The molecule has 1 N–H and O–H groups in total. The van der Waals surface area contributed by atoms with Crippen LogP contribution < -0.4 is 0 Å². The Kier molecular flexibility index (Phi) is 5.52. The van der Waals surface area contributed by atoms with Crippen LogP contribution in [0.3, 0.4) is 0 Å². The predicted octanol–water partition coefficient (Wildman–Crippen LogP) is 4.43. The van der Waals surface area contributed by atoms with Gasteiger partial charge in [0.1, 0.15) is 0 Å². The zero-order chi connectivity index (χ0) is 20.5. The van der Waals surface area contributed by atoms with E-state index in [-0.39, 0.29) is 22.2 Å². The fourth-order valence-electron chi connectivity index (χ4n) is 2.54. The van der Waals surface area contributed by atoms with E-state index in [1.54, 1.807) is 24.3 Å². The lowest BCUT2D eigenvalue weighted by atomic mass is 10.1. The van der Waals surface area contributed by atoms with E-state index in [2.05, 4.69) is 22.8 Å². The maximum atomic E-state index is 13.2. The molecule has 10 heteroatoms. The highest BCUT2D eigenvalue weighted by Gasteiger charge is 2.31. The molecule has 0 bridgehead atoms. The van der Waals surface area contributed by atoms with E-state index in [0.29, 0.717) is 10.5 Å². The van der Waals surface area contributed by atoms with E-state index < -0.39 is 24.1 Å². The molecule has 0 radical (unpaired) electrons. The van der Waals surface area contributed by atoms with Crippen LogP contribution in [-0.4, -0.2) is 30.7 Å². The van der Waals surface area contributed by atoms with Crippen molar-refractivity contribution in [3.8, 4) is 17.1 Å². The molecule has 0 aliphatic carbocycles. The van der Waals surface area contributed by atoms with Gasteiger partial charge in [-0.25, -0.2) is 0 Å². The third-order valence-corrected chi connectivity index (χ3v) is 4.41. The van der Waals surface area contributed by atoms with Crippen LogP contribution in [0.2, 0.25) is 0 Å². The van der Waals surface area contributed by atoms with Gasteiger partial charge in [-0.3, -0.25) is 9.36 Å². The standard InChI is InChI=1S/C18H12F3N3O2S2/c19-18(20,21)11-2-1-3-12(8-11)24-16(10-4-6-13(27)7-5-10)22-23-17(24)14(28)9-15(25)26/h1-8,27H,9H2,(H,25,26). The van der Waals surface area contributed by atoms with Gasteiger partial charge >= 0.3 is 12.1 Å². The normalized spacial score (nSPS) is 11.4. The summed E-state index contributed by atoms with van der Waals surface area (Å²) >= 11 is 9.34. The smallest absolute Gasteiger partial charge is 0.416 e. The molecule has 0 saturated heterocycles. The molecule has 0 spiro atoms. The first-order chi connectivity index (χ1) is 13.2. The van der Waals surface area contributed by atoms with Crippen molar-refractivity contribution in [2.45, 2.75) is 17.5 Å². The van der Waals surface area contributed by atoms with Gasteiger partial charge in [0.15, 0.2) is 11.6 Å². The summed E-state index contributed by atoms with van der Waals surface area (Å²) in [5.41, 5.74) is -0.176. The molecule has 2 aromatic carbocycles. The van der Waals surface area contributed by atoms with E-state index in [1.165, 1.54) is 16.7 Å². The summed E-state index contributed by atoms with van der Waals surface area (Å²) in [6.45, 7) is 0. The number of halogens is 3. The van der Waals surface area contributed by atoms with Gasteiger partial charge in [0.25, 0.3) is 0 Å². The molecular weight excluding hydrogens is 411 g/mol. The molecule has 1 aromatic heterocycles. The number of carbonyl (C=O) groups is 1. The largest absolute Gasteiger partial charge is 0.481 e. The molecule has 5 nitrogen and oxygen atoms in total. The second-order valence-electron chi connectivity index (χ2n) is 5.77. The van der Waals surface area contributed by atoms with E-state index >= 15 is 0 Å². The Morgan fingerprint density at radius 2 is 1.82 bits per heavy atom. The number of carboxylic acid groups (broad SMARTS) is 1. The molecule has 0 unspecified atom stereocenters. The van der Waals surface area contributed by atoms with Crippen LogP contribution in [0.5, 0.6) is 0 Å². The Labute approximate surface area is 168 Å². The Morgan fingerprint density at radius 1 is 1.14 bits per heavy atom. The van der Waals surface area contributed by atoms with Crippen LogP contribution in [0.1, 0.15) is 17.8 Å². The van der Waals surface area contributed by atoms with Crippen molar-refractivity contribution in [2.75, 3.05) is 0 Å². The predicted molar refractivity (Wildman–Crippen MR) is 103 cm³/mol. The lowest BCUT2D eigenvalue weighted by molar-refractivity contribution is -0.137. The number of rotatable bonds is 5. The minimum atomic E-state index is -4.54. The molecule has 144 valence electrons. The molecule has 1 heterocycles. The molecule has 0 aliphatic rings. The first-order valence-corrected chi connectivity index (χ1v) is 8.70. The number of aromatic nitrogens is 3. The molecule has 3 rings (SSSR count). The minimum Gasteiger partial charge on any atom is -0.481 e. The Balaban J connectivity index is 2.21. The summed E-state index contributed by atoms with van der Waals surface area (Å²) in [5, 5.41) is 17.0. The number of hydrogen-bond donors (Lipinski definition) is 2. The summed E-state index contributed by atoms with van der Waals surface area (Å²) in [5.74, 6) is -0.943. The number of alkyl halides is 3. The third kappa shape index (κ3) is 4.23. The van der Waals surface area contributed by atoms with Crippen molar-refractivity contribution in [2.24, 2.45) is 0 Å². The van der Waals surface area contributed by atoms with Gasteiger partial charge in [0.05, 0.1) is 16.8 Å². The van der Waals surface area contributed by atoms with Crippen molar-refractivity contribution < 1.29 is 23.1 Å². The van der Waals surface area contributed by atoms with E-state index in [9.17, 15) is 18.0 Å². The number of hydrogen-bond acceptors (Lipinski definition) is 5. The fraction of sp³-hybridized carbons (Fsp3) is 0.111. The topological polar surface area (TPSA) is 68.0 Å². The first kappa shape index (κ1) is 20.0. The SMILES string of the molecule is O=C(O)CC(=S)c1nnc(-c2ccc(S)cc2)n1-c1cccc(C(F)(F)F)c1. The van der Waals surface area contributed by atoms with E-state index in [4.69, 9.17) is 17.3 Å². The summed E-state index contributed by atoms with van der Waals surface area (Å²) in [6, 6.07) is 11.3. The molecule has 3 aromatic rings.